The van der Waals surface area contributed by atoms with Gasteiger partial charge in [-0.05, 0) is 6.92 Å². The SMILES string of the molecule is CC[P+]([O-])([O-])[O-].[Sn+2]. The van der Waals surface area contributed by atoms with Crippen molar-refractivity contribution in [2.45, 2.75) is 6.92 Å². The average molecular weight is 227 g/mol. The summed E-state index contributed by atoms with van der Waals surface area (Å²) in [5, 5.41) is 0. The maximum atomic E-state index is 9.47. The van der Waals surface area contributed by atoms with Crippen LogP contribution >= 0.6 is 7.94 Å². The van der Waals surface area contributed by atoms with E-state index in [4.69, 9.17) is 0 Å². The van der Waals surface area contributed by atoms with Crippen LogP contribution in [0.5, 0.6) is 0 Å². The predicted molar refractivity (Wildman–Crippen MR) is 23.2 cm³/mol. The first-order valence-corrected chi connectivity index (χ1v) is 3.30. The van der Waals surface area contributed by atoms with Crippen LogP contribution in [0.1, 0.15) is 6.92 Å². The average Bonchev–Trinajstić information content (AvgIpc) is 1.35. The molecule has 0 saturated heterocycles. The normalized spacial score (nSPS) is 10.3. The molecule has 0 heterocycles. The number of rotatable bonds is 1. The second kappa shape index (κ2) is 4.03. The third-order valence-electron chi connectivity index (χ3n) is 0.387. The number of hydrogen-bond donors (Lipinski definition) is 0. The minimum absolute atomic E-state index is 0. The fraction of sp³-hybridized carbons (Fsp3) is 1.00. The van der Waals surface area contributed by atoms with Crippen molar-refractivity contribution in [3.05, 3.63) is 0 Å². The molecule has 0 amide bonds. The van der Waals surface area contributed by atoms with Crippen LogP contribution in [0.2, 0.25) is 0 Å². The Hall–Kier alpha value is 1.11. The van der Waals surface area contributed by atoms with Gasteiger partial charge in [0.2, 0.25) is 0 Å². The van der Waals surface area contributed by atoms with Crippen LogP contribution in [0.15, 0.2) is 0 Å². The maximum absolute atomic E-state index is 9.47. The van der Waals surface area contributed by atoms with Crippen molar-refractivity contribution >= 4 is 31.9 Å². The van der Waals surface area contributed by atoms with Gasteiger partial charge in [0, 0.05) is 6.16 Å². The van der Waals surface area contributed by atoms with Crippen LogP contribution in [-0.2, 0) is 0 Å². The smallest absolute Gasteiger partial charge is 0.688 e. The molecule has 0 fully saturated rings. The molecule has 0 atom stereocenters. The monoisotopic (exact) mass is 228 g/mol. The summed E-state index contributed by atoms with van der Waals surface area (Å²) in [5.41, 5.74) is 0. The van der Waals surface area contributed by atoms with Gasteiger partial charge in [-0.15, -0.1) is 0 Å². The van der Waals surface area contributed by atoms with E-state index >= 15 is 0 Å². The molecule has 0 unspecified atom stereocenters. The van der Waals surface area contributed by atoms with Gasteiger partial charge >= 0.3 is 23.9 Å². The Labute approximate surface area is 59.9 Å². The molecule has 0 aromatic carbocycles. The summed E-state index contributed by atoms with van der Waals surface area (Å²) in [4.78, 5) is 28.4. The molecule has 0 rings (SSSR count). The topological polar surface area (TPSA) is 69.2 Å². The summed E-state index contributed by atoms with van der Waals surface area (Å²) in [6.45, 7) is 1.32. The van der Waals surface area contributed by atoms with Crippen molar-refractivity contribution in [2.24, 2.45) is 0 Å². The van der Waals surface area contributed by atoms with E-state index in [0.29, 0.717) is 0 Å². The first kappa shape index (κ1) is 11.0. The van der Waals surface area contributed by atoms with E-state index in [2.05, 4.69) is 0 Å². The summed E-state index contributed by atoms with van der Waals surface area (Å²) in [6, 6.07) is 0. The third-order valence-corrected chi connectivity index (χ3v) is 1.16. The van der Waals surface area contributed by atoms with E-state index in [9.17, 15) is 14.7 Å². The van der Waals surface area contributed by atoms with Gasteiger partial charge in [-0.3, -0.25) is 0 Å². The molecule has 0 saturated carbocycles. The molecule has 40 valence electrons. The molecule has 0 aromatic heterocycles. The van der Waals surface area contributed by atoms with Crippen LogP contribution in [0.25, 0.3) is 0 Å². The fourth-order valence-corrected chi connectivity index (χ4v) is 0. The summed E-state index contributed by atoms with van der Waals surface area (Å²) < 4.78 is 0. The number of hydrogen-bond acceptors (Lipinski definition) is 3. The molecule has 2 radical (unpaired) electrons. The van der Waals surface area contributed by atoms with Crippen LogP contribution in [-0.4, -0.2) is 30.1 Å². The summed E-state index contributed by atoms with van der Waals surface area (Å²) in [6.07, 6.45) is -0.285. The van der Waals surface area contributed by atoms with Gasteiger partial charge in [-0.2, -0.15) is 7.94 Å². The maximum Gasteiger partial charge on any atom is 2.00 e. The van der Waals surface area contributed by atoms with E-state index in [1.54, 1.807) is 0 Å². The quantitative estimate of drug-likeness (QED) is 0.366. The van der Waals surface area contributed by atoms with Gasteiger partial charge in [0.1, 0.15) is 0 Å². The summed E-state index contributed by atoms with van der Waals surface area (Å²) >= 11 is 0. The molecule has 0 N–H and O–H groups in total. The van der Waals surface area contributed by atoms with Gasteiger partial charge in [0.05, 0.1) is 0 Å². The van der Waals surface area contributed by atoms with Gasteiger partial charge in [0.25, 0.3) is 0 Å². The van der Waals surface area contributed by atoms with Gasteiger partial charge in [0.15, 0.2) is 0 Å². The van der Waals surface area contributed by atoms with E-state index in [-0.39, 0.29) is 30.1 Å². The Morgan fingerprint density at radius 1 is 1.29 bits per heavy atom. The molecule has 0 aliphatic heterocycles. The van der Waals surface area contributed by atoms with Crippen molar-refractivity contribution in [3.63, 3.8) is 0 Å². The zero-order chi connectivity index (χ0) is 5.21. The second-order valence-electron chi connectivity index (χ2n) is 0.927. The molecule has 0 spiro atoms. The molecule has 5 heteroatoms. The second-order valence-corrected chi connectivity index (χ2v) is 2.78. The first-order valence-electron chi connectivity index (χ1n) is 1.57. The van der Waals surface area contributed by atoms with E-state index in [0.717, 1.165) is 0 Å². The fourth-order valence-electron chi connectivity index (χ4n) is 0. The molecule has 0 aliphatic carbocycles. The minimum Gasteiger partial charge on any atom is -0.688 e. The van der Waals surface area contributed by atoms with Gasteiger partial charge in [-0.25, -0.2) is 0 Å². The van der Waals surface area contributed by atoms with E-state index in [1.165, 1.54) is 6.92 Å². The van der Waals surface area contributed by atoms with Crippen molar-refractivity contribution in [3.8, 4) is 0 Å². The Bertz CT molecular complexity index is 42.7. The van der Waals surface area contributed by atoms with Crippen LogP contribution in [0.3, 0.4) is 0 Å². The first-order chi connectivity index (χ1) is 2.56. The molecule has 0 bridgehead atoms. The van der Waals surface area contributed by atoms with Crippen LogP contribution in [0.4, 0.5) is 0 Å². The van der Waals surface area contributed by atoms with Crippen LogP contribution < -0.4 is 14.7 Å². The van der Waals surface area contributed by atoms with Crippen molar-refractivity contribution in [1.29, 1.82) is 0 Å². The third kappa shape index (κ3) is 11.0. The predicted octanol–water partition coefficient (Wildman–Crippen LogP) is -2.53. The molecule has 0 aliphatic rings. The van der Waals surface area contributed by atoms with Crippen molar-refractivity contribution in [1.82, 2.24) is 0 Å². The zero-order valence-electron chi connectivity index (χ0n) is 3.88. The van der Waals surface area contributed by atoms with E-state index < -0.39 is 7.94 Å². The summed E-state index contributed by atoms with van der Waals surface area (Å²) in [5.74, 6) is 0. The van der Waals surface area contributed by atoms with Gasteiger partial charge < -0.3 is 14.7 Å². The Kier molecular flexibility index (Phi) is 6.33. The minimum atomic E-state index is -4.15. The zero-order valence-corrected chi connectivity index (χ0v) is 7.63. The molecular weight excluding hydrogens is 222 g/mol. The Morgan fingerprint density at radius 3 is 1.43 bits per heavy atom. The summed E-state index contributed by atoms with van der Waals surface area (Å²) in [7, 11) is -4.15. The molecule has 3 nitrogen and oxygen atoms in total. The molecule has 0 aromatic rings. The Morgan fingerprint density at radius 2 is 1.43 bits per heavy atom. The molecule has 7 heavy (non-hydrogen) atoms. The standard InChI is InChI=1S/C2H7O3P.Sn/c1-2-6(3,4)5;/h2H2,1H3,(H2,3,4,5);/q;+2/p-2. The van der Waals surface area contributed by atoms with Crippen LogP contribution in [0, 0.1) is 0 Å². The van der Waals surface area contributed by atoms with Crippen molar-refractivity contribution in [2.75, 3.05) is 6.16 Å². The van der Waals surface area contributed by atoms with Gasteiger partial charge in [-0.1, -0.05) is 0 Å². The van der Waals surface area contributed by atoms with Crippen molar-refractivity contribution < 1.29 is 14.7 Å². The largest absolute Gasteiger partial charge is 2.00 e. The molecular formula is C2H5O3PSn. The van der Waals surface area contributed by atoms with E-state index in [1.807, 2.05) is 0 Å². The Balaban J connectivity index is 0.